The minimum Gasteiger partial charge on any atom is -0.313 e. The average molecular weight is 124 g/mol. The molecule has 0 aromatic rings. The Labute approximate surface area is 53.7 Å². The molecule has 0 aliphatic rings. The van der Waals surface area contributed by atoms with Crippen LogP contribution in [0, 0.1) is 22.7 Å². The fraction of sp³-hybridized carbons (Fsp3) is 0.600. The fourth-order valence-electron chi connectivity index (χ4n) is 0.204. The molecule has 0 saturated carbocycles. The second-order valence-corrected chi connectivity index (χ2v) is 2.00. The molecule has 2 unspecified atom stereocenters. The molecule has 0 bridgehead atoms. The fourth-order valence-corrected chi connectivity index (χ4v) is 0.204. The standard InChI is InChI=1S/C5H8N4/c1-5(9,3-7)4(8)2-6/h4H,8-9H2,1H3. The summed E-state index contributed by atoms with van der Waals surface area (Å²) >= 11 is 0. The maximum Gasteiger partial charge on any atom is 0.130 e. The molecule has 9 heavy (non-hydrogen) atoms. The zero-order valence-corrected chi connectivity index (χ0v) is 5.13. The van der Waals surface area contributed by atoms with Gasteiger partial charge in [0.25, 0.3) is 0 Å². The first kappa shape index (κ1) is 7.90. The highest BCUT2D eigenvalue weighted by molar-refractivity contribution is 5.15. The molecule has 4 heteroatoms. The molecule has 0 aromatic heterocycles. The lowest BCUT2D eigenvalue weighted by atomic mass is 9.98. The number of nitrogens with zero attached hydrogens (tertiary/aromatic N) is 2. The van der Waals surface area contributed by atoms with Crippen LogP contribution in [0.2, 0.25) is 0 Å². The van der Waals surface area contributed by atoms with Gasteiger partial charge in [0.05, 0.1) is 12.1 Å². The zero-order valence-electron chi connectivity index (χ0n) is 5.13. The van der Waals surface area contributed by atoms with E-state index in [-0.39, 0.29) is 0 Å². The molecule has 0 saturated heterocycles. The summed E-state index contributed by atoms with van der Waals surface area (Å²) in [6, 6.07) is 2.49. The van der Waals surface area contributed by atoms with Crippen LogP contribution in [-0.2, 0) is 0 Å². The van der Waals surface area contributed by atoms with E-state index < -0.39 is 11.6 Å². The molecule has 0 amide bonds. The minimum absolute atomic E-state index is 0.914. The number of hydrogen-bond donors (Lipinski definition) is 2. The molecule has 0 aliphatic carbocycles. The summed E-state index contributed by atoms with van der Waals surface area (Å²) in [5, 5.41) is 16.5. The summed E-state index contributed by atoms with van der Waals surface area (Å²) in [5.74, 6) is 0. The van der Waals surface area contributed by atoms with Crippen LogP contribution in [0.5, 0.6) is 0 Å². The van der Waals surface area contributed by atoms with Gasteiger partial charge in [-0.2, -0.15) is 10.5 Å². The van der Waals surface area contributed by atoms with Crippen molar-refractivity contribution < 1.29 is 0 Å². The van der Waals surface area contributed by atoms with Gasteiger partial charge in [-0.3, -0.25) is 0 Å². The lowest BCUT2D eigenvalue weighted by Gasteiger charge is -2.16. The third kappa shape index (κ3) is 1.69. The Kier molecular flexibility index (Phi) is 2.15. The molecular formula is C5H8N4. The molecular weight excluding hydrogens is 116 g/mol. The number of nitrogens with two attached hydrogens (primary N) is 2. The van der Waals surface area contributed by atoms with Crippen molar-refractivity contribution in [3.8, 4) is 12.1 Å². The van der Waals surface area contributed by atoms with Crippen LogP contribution in [0.15, 0.2) is 0 Å². The van der Waals surface area contributed by atoms with E-state index in [0.29, 0.717) is 0 Å². The van der Waals surface area contributed by atoms with Gasteiger partial charge in [0.2, 0.25) is 0 Å². The summed E-state index contributed by atoms with van der Waals surface area (Å²) in [4.78, 5) is 0. The van der Waals surface area contributed by atoms with Crippen molar-refractivity contribution in [2.75, 3.05) is 0 Å². The molecule has 0 rings (SSSR count). The molecule has 0 spiro atoms. The number of hydrogen-bond acceptors (Lipinski definition) is 4. The smallest absolute Gasteiger partial charge is 0.130 e. The van der Waals surface area contributed by atoms with Crippen molar-refractivity contribution in [2.24, 2.45) is 11.5 Å². The van der Waals surface area contributed by atoms with Crippen LogP contribution in [0.1, 0.15) is 6.92 Å². The van der Waals surface area contributed by atoms with Gasteiger partial charge in [0.1, 0.15) is 11.6 Å². The lowest BCUT2D eigenvalue weighted by Crippen LogP contribution is -2.50. The van der Waals surface area contributed by atoms with Crippen molar-refractivity contribution in [1.82, 2.24) is 0 Å². The average Bonchev–Trinajstić information content (AvgIpc) is 1.86. The molecule has 48 valence electrons. The molecule has 0 aromatic carbocycles. The molecule has 0 heterocycles. The van der Waals surface area contributed by atoms with Crippen molar-refractivity contribution in [2.45, 2.75) is 18.5 Å². The van der Waals surface area contributed by atoms with Gasteiger partial charge in [-0.05, 0) is 6.92 Å². The molecule has 0 radical (unpaired) electrons. The van der Waals surface area contributed by atoms with Crippen molar-refractivity contribution in [3.63, 3.8) is 0 Å². The Bertz CT molecular complexity index is 170. The second kappa shape index (κ2) is 2.45. The van der Waals surface area contributed by atoms with Crippen molar-refractivity contribution >= 4 is 0 Å². The molecule has 4 N–H and O–H groups in total. The molecule has 0 aliphatic heterocycles. The van der Waals surface area contributed by atoms with E-state index in [9.17, 15) is 0 Å². The Hall–Kier alpha value is -1.10. The van der Waals surface area contributed by atoms with Gasteiger partial charge in [-0.1, -0.05) is 0 Å². The SMILES string of the molecule is CC(N)(C#N)C(N)C#N. The zero-order chi connectivity index (χ0) is 7.49. The Morgan fingerprint density at radius 3 is 2.11 bits per heavy atom. The third-order valence-electron chi connectivity index (χ3n) is 1.03. The van der Waals surface area contributed by atoms with E-state index in [2.05, 4.69) is 0 Å². The van der Waals surface area contributed by atoms with E-state index in [1.165, 1.54) is 6.92 Å². The molecule has 4 nitrogen and oxygen atoms in total. The number of rotatable bonds is 1. The Morgan fingerprint density at radius 1 is 1.56 bits per heavy atom. The van der Waals surface area contributed by atoms with Crippen LogP contribution in [0.4, 0.5) is 0 Å². The predicted octanol–water partition coefficient (Wildman–Crippen LogP) is -0.922. The summed E-state index contributed by atoms with van der Waals surface area (Å²) in [5.41, 5.74) is 9.19. The Balaban J connectivity index is 4.23. The normalized spacial score (nSPS) is 18.8. The van der Waals surface area contributed by atoms with E-state index in [4.69, 9.17) is 22.0 Å². The van der Waals surface area contributed by atoms with Gasteiger partial charge in [0, 0.05) is 0 Å². The maximum absolute atomic E-state index is 8.29. The minimum atomic E-state index is -1.23. The van der Waals surface area contributed by atoms with E-state index in [0.717, 1.165) is 0 Å². The van der Waals surface area contributed by atoms with Crippen molar-refractivity contribution in [3.05, 3.63) is 0 Å². The van der Waals surface area contributed by atoms with Gasteiger partial charge >= 0.3 is 0 Å². The van der Waals surface area contributed by atoms with Gasteiger partial charge in [0.15, 0.2) is 0 Å². The van der Waals surface area contributed by atoms with E-state index >= 15 is 0 Å². The molecule has 2 atom stereocenters. The first-order valence-corrected chi connectivity index (χ1v) is 2.40. The van der Waals surface area contributed by atoms with E-state index in [1.807, 2.05) is 0 Å². The summed E-state index contributed by atoms with van der Waals surface area (Å²) < 4.78 is 0. The highest BCUT2D eigenvalue weighted by Crippen LogP contribution is 1.99. The second-order valence-electron chi connectivity index (χ2n) is 2.00. The van der Waals surface area contributed by atoms with Crippen LogP contribution >= 0.6 is 0 Å². The highest BCUT2D eigenvalue weighted by Gasteiger charge is 2.26. The summed E-state index contributed by atoms with van der Waals surface area (Å²) in [6.45, 7) is 1.42. The Morgan fingerprint density at radius 2 is 2.00 bits per heavy atom. The van der Waals surface area contributed by atoms with Crippen LogP contribution in [0.25, 0.3) is 0 Å². The lowest BCUT2D eigenvalue weighted by molar-refractivity contribution is 0.540. The van der Waals surface area contributed by atoms with Crippen LogP contribution in [-0.4, -0.2) is 11.6 Å². The monoisotopic (exact) mass is 124 g/mol. The van der Waals surface area contributed by atoms with Crippen molar-refractivity contribution in [1.29, 1.82) is 10.5 Å². The quantitative estimate of drug-likeness (QED) is 0.472. The number of nitriles is 2. The van der Waals surface area contributed by atoms with E-state index in [1.54, 1.807) is 12.1 Å². The van der Waals surface area contributed by atoms with Gasteiger partial charge in [-0.25, -0.2) is 0 Å². The third-order valence-corrected chi connectivity index (χ3v) is 1.03. The largest absolute Gasteiger partial charge is 0.313 e. The first-order valence-electron chi connectivity index (χ1n) is 2.40. The summed E-state index contributed by atoms with van der Waals surface area (Å²) in [7, 11) is 0. The predicted molar refractivity (Wildman–Crippen MR) is 31.8 cm³/mol. The molecule has 0 fully saturated rings. The first-order chi connectivity index (χ1) is 4.04. The van der Waals surface area contributed by atoms with Gasteiger partial charge < -0.3 is 11.5 Å². The van der Waals surface area contributed by atoms with Gasteiger partial charge in [-0.15, -0.1) is 0 Å². The van der Waals surface area contributed by atoms with Crippen LogP contribution < -0.4 is 11.5 Å². The maximum atomic E-state index is 8.29. The van der Waals surface area contributed by atoms with Crippen LogP contribution in [0.3, 0.4) is 0 Å². The summed E-state index contributed by atoms with van der Waals surface area (Å²) in [6.07, 6.45) is 0. The topological polar surface area (TPSA) is 99.6 Å². The highest BCUT2D eigenvalue weighted by atomic mass is 14.8.